The summed E-state index contributed by atoms with van der Waals surface area (Å²) >= 11 is 5.90. The number of carbonyl (C=O) groups is 3. The van der Waals surface area contributed by atoms with Gasteiger partial charge in [-0.3, -0.25) is 14.9 Å². The summed E-state index contributed by atoms with van der Waals surface area (Å²) in [6.45, 7) is 4.56. The minimum absolute atomic E-state index is 0.110. The molecule has 2 rings (SSSR count). The number of nitrogens with one attached hydrogen (secondary N) is 1. The zero-order chi connectivity index (χ0) is 21.2. The molecule has 0 aliphatic carbocycles. The van der Waals surface area contributed by atoms with Gasteiger partial charge in [-0.15, -0.1) is 0 Å². The Morgan fingerprint density at radius 3 is 2.39 bits per heavy atom. The van der Waals surface area contributed by atoms with Crippen LogP contribution in [0.1, 0.15) is 49.4 Å². The van der Waals surface area contributed by atoms with Gasteiger partial charge in [0, 0.05) is 17.8 Å². The van der Waals surface area contributed by atoms with E-state index in [1.54, 1.807) is 13.8 Å². The molecule has 1 aromatic carbocycles. The summed E-state index contributed by atoms with van der Waals surface area (Å²) in [5.41, 5.74) is 0.797. The van der Waals surface area contributed by atoms with Crippen molar-refractivity contribution in [3.05, 3.63) is 61.4 Å². The second kappa shape index (κ2) is 8.22. The number of hydrogen-bond acceptors (Lipinski definition) is 7. The number of ether oxygens (including phenoxy) is 2. The summed E-state index contributed by atoms with van der Waals surface area (Å²) in [6, 6.07) is 3.28. The van der Waals surface area contributed by atoms with Crippen LogP contribution in [0.5, 0.6) is 0 Å². The summed E-state index contributed by atoms with van der Waals surface area (Å²) < 4.78 is 9.84. The molecule has 0 bridgehead atoms. The van der Waals surface area contributed by atoms with Crippen molar-refractivity contribution in [2.24, 2.45) is 0 Å². The monoisotopic (exact) mass is 408 g/mol. The quantitative estimate of drug-likeness (QED) is 0.335. The van der Waals surface area contributed by atoms with Crippen LogP contribution >= 0.6 is 11.6 Å². The molecule has 0 saturated carbocycles. The van der Waals surface area contributed by atoms with Crippen LogP contribution in [0.3, 0.4) is 0 Å². The maximum absolute atomic E-state index is 12.7. The number of ketones is 1. The Hall–Kier alpha value is -3.20. The first-order valence-corrected chi connectivity index (χ1v) is 8.42. The predicted molar refractivity (Wildman–Crippen MR) is 98.9 cm³/mol. The zero-order valence-electron chi connectivity index (χ0n) is 15.5. The van der Waals surface area contributed by atoms with E-state index in [2.05, 4.69) is 4.98 Å². The van der Waals surface area contributed by atoms with E-state index in [9.17, 15) is 24.5 Å². The fraction of sp³-hybridized carbons (Fsp3) is 0.278. The molecule has 1 atom stereocenters. The minimum atomic E-state index is -1.19. The summed E-state index contributed by atoms with van der Waals surface area (Å²) in [6.07, 6.45) is -1.19. The van der Waals surface area contributed by atoms with Crippen LogP contribution in [0.2, 0.25) is 5.02 Å². The van der Waals surface area contributed by atoms with Crippen LogP contribution in [0.25, 0.3) is 0 Å². The molecule has 2 aromatic rings. The van der Waals surface area contributed by atoms with Gasteiger partial charge in [0.05, 0.1) is 33.9 Å². The molecule has 0 saturated heterocycles. The number of methoxy groups -OCH3 is 1. The van der Waals surface area contributed by atoms with Crippen LogP contribution in [0.15, 0.2) is 18.2 Å². The SMILES string of the molecule is COC(=O)c1c(C)[nH]c(C(=O)[C@@H](C)OC(=O)c2ccc([N+](=O)[O-])cc2Cl)c1C. The number of H-pyrrole nitrogens is 1. The number of halogens is 1. The van der Waals surface area contributed by atoms with E-state index >= 15 is 0 Å². The van der Waals surface area contributed by atoms with Crippen molar-refractivity contribution in [1.29, 1.82) is 0 Å². The predicted octanol–water partition coefficient (Wildman–Crippen LogP) is 3.41. The summed E-state index contributed by atoms with van der Waals surface area (Å²) in [5, 5.41) is 10.6. The molecule has 148 valence electrons. The Balaban J connectivity index is 2.22. The smallest absolute Gasteiger partial charge is 0.340 e. The Kier molecular flexibility index (Phi) is 6.19. The number of Topliss-reactive ketones (excluding diaryl/α,β-unsaturated/α-hetero) is 1. The van der Waals surface area contributed by atoms with Gasteiger partial charge in [-0.2, -0.15) is 0 Å². The molecular weight excluding hydrogens is 392 g/mol. The van der Waals surface area contributed by atoms with Gasteiger partial charge in [0.25, 0.3) is 5.69 Å². The number of nitrogens with zero attached hydrogens (tertiary/aromatic N) is 1. The average Bonchev–Trinajstić information content (AvgIpc) is 2.94. The number of rotatable bonds is 6. The highest BCUT2D eigenvalue weighted by atomic mass is 35.5. The summed E-state index contributed by atoms with van der Waals surface area (Å²) in [7, 11) is 1.23. The minimum Gasteiger partial charge on any atom is -0.465 e. The number of nitro benzene ring substituents is 1. The van der Waals surface area contributed by atoms with Crippen molar-refractivity contribution in [3.63, 3.8) is 0 Å². The lowest BCUT2D eigenvalue weighted by molar-refractivity contribution is -0.384. The molecule has 0 aliphatic heterocycles. The van der Waals surface area contributed by atoms with E-state index in [0.717, 1.165) is 18.2 Å². The topological polar surface area (TPSA) is 129 Å². The van der Waals surface area contributed by atoms with Crippen LogP contribution < -0.4 is 0 Å². The summed E-state index contributed by atoms with van der Waals surface area (Å²) in [5.74, 6) is -2.05. The molecule has 0 radical (unpaired) electrons. The average molecular weight is 409 g/mol. The third kappa shape index (κ3) is 4.04. The lowest BCUT2D eigenvalue weighted by atomic mass is 10.1. The first kappa shape index (κ1) is 21.1. The maximum atomic E-state index is 12.7. The molecule has 0 fully saturated rings. The summed E-state index contributed by atoms with van der Waals surface area (Å²) in [4.78, 5) is 49.7. The lowest BCUT2D eigenvalue weighted by Gasteiger charge is -2.13. The number of esters is 2. The van der Waals surface area contributed by atoms with Crippen molar-refractivity contribution in [2.45, 2.75) is 26.9 Å². The van der Waals surface area contributed by atoms with Crippen LogP contribution in [-0.2, 0) is 9.47 Å². The molecule has 28 heavy (non-hydrogen) atoms. The number of non-ortho nitro benzene ring substituents is 1. The van der Waals surface area contributed by atoms with Gasteiger partial charge in [-0.1, -0.05) is 11.6 Å². The molecule has 0 amide bonds. The highest BCUT2D eigenvalue weighted by Crippen LogP contribution is 2.25. The lowest BCUT2D eigenvalue weighted by Crippen LogP contribution is -2.25. The normalized spacial score (nSPS) is 11.6. The van der Waals surface area contributed by atoms with E-state index in [4.69, 9.17) is 21.1 Å². The van der Waals surface area contributed by atoms with Gasteiger partial charge in [0.1, 0.15) is 0 Å². The van der Waals surface area contributed by atoms with E-state index in [0.29, 0.717) is 11.3 Å². The van der Waals surface area contributed by atoms with Gasteiger partial charge in [-0.05, 0) is 32.4 Å². The number of carbonyl (C=O) groups excluding carboxylic acids is 3. The fourth-order valence-corrected chi connectivity index (χ4v) is 2.92. The van der Waals surface area contributed by atoms with Crippen molar-refractivity contribution in [2.75, 3.05) is 7.11 Å². The first-order valence-electron chi connectivity index (χ1n) is 8.05. The van der Waals surface area contributed by atoms with E-state index in [-0.39, 0.29) is 27.5 Å². The molecule has 1 heterocycles. The largest absolute Gasteiger partial charge is 0.465 e. The molecule has 1 aromatic heterocycles. The maximum Gasteiger partial charge on any atom is 0.340 e. The molecular formula is C18H17ClN2O7. The van der Waals surface area contributed by atoms with Crippen LogP contribution in [0.4, 0.5) is 5.69 Å². The highest BCUT2D eigenvalue weighted by Gasteiger charge is 2.28. The second-order valence-electron chi connectivity index (χ2n) is 5.95. The Bertz CT molecular complexity index is 981. The number of benzene rings is 1. The van der Waals surface area contributed by atoms with Crippen molar-refractivity contribution in [1.82, 2.24) is 4.98 Å². The van der Waals surface area contributed by atoms with Crippen molar-refractivity contribution < 1.29 is 28.8 Å². The molecule has 10 heteroatoms. The molecule has 0 unspecified atom stereocenters. The number of hydrogen-bond donors (Lipinski definition) is 1. The van der Waals surface area contributed by atoms with Crippen molar-refractivity contribution >= 4 is 35.0 Å². The van der Waals surface area contributed by atoms with Crippen LogP contribution in [-0.4, -0.2) is 40.8 Å². The Morgan fingerprint density at radius 1 is 1.21 bits per heavy atom. The van der Waals surface area contributed by atoms with Gasteiger partial charge in [-0.25, -0.2) is 9.59 Å². The number of nitro groups is 1. The van der Waals surface area contributed by atoms with Gasteiger partial charge in [0.2, 0.25) is 5.78 Å². The van der Waals surface area contributed by atoms with Crippen molar-refractivity contribution in [3.8, 4) is 0 Å². The van der Waals surface area contributed by atoms with Gasteiger partial charge >= 0.3 is 11.9 Å². The Labute approximate surface area is 164 Å². The third-order valence-electron chi connectivity index (χ3n) is 4.11. The standard InChI is InChI=1S/C18H17ClN2O7/c1-8-14(18(24)27-4)9(2)20-15(8)16(22)10(3)28-17(23)12-6-5-11(21(25)26)7-13(12)19/h5-7,10,20H,1-4H3/t10-/m1/s1. The highest BCUT2D eigenvalue weighted by molar-refractivity contribution is 6.33. The van der Waals surface area contributed by atoms with E-state index in [1.807, 2.05) is 0 Å². The van der Waals surface area contributed by atoms with Gasteiger partial charge in [0.15, 0.2) is 6.10 Å². The number of aryl methyl sites for hydroxylation is 1. The molecule has 1 N–H and O–H groups in total. The number of aromatic amines is 1. The van der Waals surface area contributed by atoms with Crippen LogP contribution in [0, 0.1) is 24.0 Å². The first-order chi connectivity index (χ1) is 13.1. The zero-order valence-corrected chi connectivity index (χ0v) is 16.2. The molecule has 0 spiro atoms. The van der Waals surface area contributed by atoms with E-state index < -0.39 is 28.7 Å². The third-order valence-corrected chi connectivity index (χ3v) is 4.42. The second-order valence-corrected chi connectivity index (χ2v) is 6.36. The molecule has 0 aliphatic rings. The van der Waals surface area contributed by atoms with E-state index in [1.165, 1.54) is 14.0 Å². The Morgan fingerprint density at radius 2 is 1.86 bits per heavy atom. The molecule has 9 nitrogen and oxygen atoms in total. The number of aromatic nitrogens is 1. The fourth-order valence-electron chi connectivity index (χ4n) is 2.67. The van der Waals surface area contributed by atoms with Gasteiger partial charge < -0.3 is 14.5 Å².